The molecule has 3 amide bonds. The van der Waals surface area contributed by atoms with Crippen LogP contribution in [0.4, 0.5) is 0 Å². The van der Waals surface area contributed by atoms with Crippen molar-refractivity contribution in [2.75, 3.05) is 13.1 Å². The first-order valence-electron chi connectivity index (χ1n) is 13.0. The summed E-state index contributed by atoms with van der Waals surface area (Å²) in [7, 11) is 0. The fourth-order valence-corrected chi connectivity index (χ4v) is 6.18. The van der Waals surface area contributed by atoms with E-state index in [0.717, 1.165) is 10.4 Å². The van der Waals surface area contributed by atoms with E-state index in [1.807, 2.05) is 49.6 Å². The quantitative estimate of drug-likeness (QED) is 0.496. The van der Waals surface area contributed by atoms with Crippen LogP contribution in [0.3, 0.4) is 0 Å². The van der Waals surface area contributed by atoms with Crippen LogP contribution in [-0.4, -0.2) is 64.5 Å². The van der Waals surface area contributed by atoms with E-state index >= 15 is 0 Å². The number of nitrogens with one attached hydrogen (secondary N) is 1. The number of thiophene rings is 1. The third kappa shape index (κ3) is 5.13. The van der Waals surface area contributed by atoms with Gasteiger partial charge in [0.25, 0.3) is 11.8 Å². The van der Waals surface area contributed by atoms with Gasteiger partial charge in [0.05, 0.1) is 12.6 Å². The molecular formula is C30H31N3O4S. The van der Waals surface area contributed by atoms with Crippen molar-refractivity contribution >= 4 is 34.8 Å². The summed E-state index contributed by atoms with van der Waals surface area (Å²) < 4.78 is 0. The summed E-state index contributed by atoms with van der Waals surface area (Å²) in [6, 6.07) is 18.5. The van der Waals surface area contributed by atoms with Gasteiger partial charge in [-0.15, -0.1) is 11.3 Å². The normalized spacial score (nSPS) is 19.5. The average Bonchev–Trinajstić information content (AvgIpc) is 3.67. The Hall–Kier alpha value is -3.78. The van der Waals surface area contributed by atoms with Crippen molar-refractivity contribution in [3.05, 3.63) is 83.2 Å². The number of benzene rings is 2. The Bertz CT molecular complexity index is 1320. The van der Waals surface area contributed by atoms with E-state index in [0.29, 0.717) is 30.5 Å². The number of Topliss-reactive ketones (excluding diaryl/α,β-unsaturated/α-hetero) is 1. The summed E-state index contributed by atoms with van der Waals surface area (Å²) in [5.41, 5.74) is 2.03. The van der Waals surface area contributed by atoms with Crippen molar-refractivity contribution in [3.8, 4) is 10.4 Å². The van der Waals surface area contributed by atoms with Crippen LogP contribution in [0.5, 0.6) is 0 Å². The maximum atomic E-state index is 13.7. The molecule has 0 aliphatic carbocycles. The maximum absolute atomic E-state index is 13.7. The zero-order chi connectivity index (χ0) is 26.8. The van der Waals surface area contributed by atoms with Gasteiger partial charge in [-0.2, -0.15) is 0 Å². The molecule has 1 N–H and O–H groups in total. The lowest BCUT2D eigenvalue weighted by Crippen LogP contribution is -2.53. The molecule has 2 aromatic carbocycles. The van der Waals surface area contributed by atoms with Gasteiger partial charge < -0.3 is 15.1 Å². The van der Waals surface area contributed by atoms with E-state index in [1.165, 1.54) is 0 Å². The molecule has 0 bridgehead atoms. The second kappa shape index (κ2) is 10.9. The number of likely N-dealkylation sites (tertiary alicyclic amines) is 2. The minimum absolute atomic E-state index is 0.00929. The molecule has 196 valence electrons. The Balaban J connectivity index is 1.30. The largest absolute Gasteiger partial charge is 0.340 e. The molecule has 2 aliphatic heterocycles. The highest BCUT2D eigenvalue weighted by atomic mass is 32.1. The number of nitrogens with zero attached hydrogens (tertiary/aromatic N) is 2. The van der Waals surface area contributed by atoms with Gasteiger partial charge in [-0.1, -0.05) is 50.2 Å². The molecule has 3 atom stereocenters. The number of carbonyl (C=O) groups is 4. The Morgan fingerprint density at radius 2 is 1.68 bits per heavy atom. The van der Waals surface area contributed by atoms with Gasteiger partial charge >= 0.3 is 0 Å². The molecule has 5 rings (SSSR count). The molecule has 0 radical (unpaired) electrons. The second-order valence-corrected chi connectivity index (χ2v) is 11.3. The Morgan fingerprint density at radius 3 is 2.34 bits per heavy atom. The van der Waals surface area contributed by atoms with E-state index in [9.17, 15) is 19.2 Å². The Morgan fingerprint density at radius 1 is 0.947 bits per heavy atom. The second-order valence-electron chi connectivity index (χ2n) is 10.3. The van der Waals surface area contributed by atoms with Crippen LogP contribution in [0.25, 0.3) is 10.4 Å². The zero-order valence-corrected chi connectivity index (χ0v) is 22.3. The van der Waals surface area contributed by atoms with Gasteiger partial charge in [0.15, 0.2) is 5.78 Å². The molecule has 0 unspecified atom stereocenters. The number of rotatable bonds is 7. The van der Waals surface area contributed by atoms with Gasteiger partial charge in [-0.05, 0) is 60.0 Å². The summed E-state index contributed by atoms with van der Waals surface area (Å²) in [4.78, 5) is 57.4. The van der Waals surface area contributed by atoms with Gasteiger partial charge in [0.1, 0.15) is 12.1 Å². The van der Waals surface area contributed by atoms with Crippen molar-refractivity contribution in [3.63, 3.8) is 0 Å². The molecule has 2 fully saturated rings. The summed E-state index contributed by atoms with van der Waals surface area (Å²) in [5.74, 6) is -0.768. The number of amides is 3. The molecule has 2 aliphatic rings. The predicted octanol–water partition coefficient (Wildman–Crippen LogP) is 4.25. The zero-order valence-electron chi connectivity index (χ0n) is 21.5. The van der Waals surface area contributed by atoms with Crippen molar-refractivity contribution in [1.82, 2.24) is 15.1 Å². The molecule has 1 aromatic heterocycles. The highest BCUT2D eigenvalue weighted by Crippen LogP contribution is 2.32. The van der Waals surface area contributed by atoms with Crippen molar-refractivity contribution in [1.29, 1.82) is 0 Å². The highest BCUT2D eigenvalue weighted by Gasteiger charge is 2.52. The van der Waals surface area contributed by atoms with E-state index in [1.54, 1.807) is 57.5 Å². The van der Waals surface area contributed by atoms with Gasteiger partial charge in [0.2, 0.25) is 5.91 Å². The van der Waals surface area contributed by atoms with Crippen molar-refractivity contribution in [2.45, 2.75) is 44.8 Å². The van der Waals surface area contributed by atoms with Gasteiger partial charge in [0, 0.05) is 22.5 Å². The molecule has 3 aromatic rings. The molecule has 3 heterocycles. The first-order valence-corrected chi connectivity index (χ1v) is 13.9. The molecule has 0 spiro atoms. The van der Waals surface area contributed by atoms with Gasteiger partial charge in [-0.25, -0.2) is 0 Å². The lowest BCUT2D eigenvalue weighted by molar-refractivity contribution is -0.138. The number of hydrogen-bond donors (Lipinski definition) is 1. The number of carbonyl (C=O) groups excluding carboxylic acids is 4. The SMILES string of the molecule is CC(C)C[C@H](NC(=O)c1ccc(-c2cccs2)cc1)C(=O)N1CC[C@@H]2[C@H]1C(=O)CN2C(=O)c1ccccc1. The summed E-state index contributed by atoms with van der Waals surface area (Å²) >= 11 is 1.63. The molecule has 0 saturated carbocycles. The third-order valence-corrected chi connectivity index (χ3v) is 8.17. The van der Waals surface area contributed by atoms with Crippen LogP contribution < -0.4 is 5.32 Å². The maximum Gasteiger partial charge on any atom is 0.254 e. The number of hydrogen-bond acceptors (Lipinski definition) is 5. The summed E-state index contributed by atoms with van der Waals surface area (Å²) in [5, 5.41) is 4.94. The predicted molar refractivity (Wildman–Crippen MR) is 147 cm³/mol. The van der Waals surface area contributed by atoms with Gasteiger partial charge in [-0.3, -0.25) is 19.2 Å². The smallest absolute Gasteiger partial charge is 0.254 e. The molecule has 8 heteroatoms. The fourth-order valence-electron chi connectivity index (χ4n) is 5.45. The number of ketones is 1. The van der Waals surface area contributed by atoms with E-state index in [4.69, 9.17) is 0 Å². The highest BCUT2D eigenvalue weighted by molar-refractivity contribution is 7.13. The summed E-state index contributed by atoms with van der Waals surface area (Å²) in [6.45, 7) is 4.36. The first kappa shape index (κ1) is 25.9. The lowest BCUT2D eigenvalue weighted by atomic mass is 10.0. The summed E-state index contributed by atoms with van der Waals surface area (Å²) in [6.07, 6.45) is 0.986. The van der Waals surface area contributed by atoms with E-state index < -0.39 is 12.1 Å². The molecule has 7 nitrogen and oxygen atoms in total. The standard InChI is InChI=1S/C30H31N3O4S/c1-19(2)17-23(31-28(35)21-12-10-20(11-13-21)26-9-6-16-38-26)30(37)32-15-14-24-27(32)25(34)18-33(24)29(36)22-7-4-3-5-8-22/h3-13,16,19,23-24,27H,14-15,17-18H2,1-2H3,(H,31,35)/t23-,24+,27-/m0/s1. The van der Waals surface area contributed by atoms with Crippen LogP contribution in [0.15, 0.2) is 72.1 Å². The minimum Gasteiger partial charge on any atom is -0.340 e. The third-order valence-electron chi connectivity index (χ3n) is 7.25. The first-order chi connectivity index (χ1) is 18.3. The van der Waals surface area contributed by atoms with Crippen molar-refractivity contribution < 1.29 is 19.2 Å². The molecule has 38 heavy (non-hydrogen) atoms. The van der Waals surface area contributed by atoms with Crippen LogP contribution in [0.1, 0.15) is 47.4 Å². The number of fused-ring (bicyclic) bond motifs is 1. The Kier molecular flexibility index (Phi) is 7.42. The minimum atomic E-state index is -0.759. The van der Waals surface area contributed by atoms with Crippen molar-refractivity contribution in [2.24, 2.45) is 5.92 Å². The van der Waals surface area contributed by atoms with Crippen LogP contribution in [0, 0.1) is 5.92 Å². The topological polar surface area (TPSA) is 86.8 Å². The van der Waals surface area contributed by atoms with Crippen LogP contribution >= 0.6 is 11.3 Å². The monoisotopic (exact) mass is 529 g/mol. The van der Waals surface area contributed by atoms with E-state index in [-0.39, 0.29) is 42.0 Å². The lowest BCUT2D eigenvalue weighted by Gasteiger charge is -2.29. The fraction of sp³-hybridized carbons (Fsp3) is 0.333. The molecule has 2 saturated heterocycles. The Labute approximate surface area is 226 Å². The van der Waals surface area contributed by atoms with Crippen LogP contribution in [-0.2, 0) is 9.59 Å². The van der Waals surface area contributed by atoms with E-state index in [2.05, 4.69) is 5.32 Å². The van der Waals surface area contributed by atoms with Crippen LogP contribution in [0.2, 0.25) is 0 Å². The molecular weight excluding hydrogens is 498 g/mol. The average molecular weight is 530 g/mol.